The maximum absolute atomic E-state index is 2.72. The third-order valence-corrected chi connectivity index (χ3v) is 57.4. The number of hydrogen-bond acceptors (Lipinski definition) is 2. The molecule has 1 atom stereocenters. The number of fused-ring (bicyclic) bond motifs is 1. The minimum absolute atomic E-state index is 0.709. The Morgan fingerprint density at radius 1 is 1.04 bits per heavy atom. The van der Waals surface area contributed by atoms with Crippen LogP contribution in [0, 0.1) is 0 Å². The second kappa shape index (κ2) is 7.34. The topological polar surface area (TPSA) is 6.48 Å². The molecular weight excluding hydrogens is 478 g/mol. The summed E-state index contributed by atoms with van der Waals surface area (Å²) >= 11 is -4.19. The van der Waals surface area contributed by atoms with Crippen molar-refractivity contribution >= 4 is 19.9 Å². The summed E-state index contributed by atoms with van der Waals surface area (Å²) in [5.41, 5.74) is 6.28. The van der Waals surface area contributed by atoms with Crippen LogP contribution in [0.4, 0.5) is 0 Å². The van der Waals surface area contributed by atoms with E-state index >= 15 is 0 Å². The van der Waals surface area contributed by atoms with Gasteiger partial charge in [0.1, 0.15) is 0 Å². The van der Waals surface area contributed by atoms with Gasteiger partial charge in [0.05, 0.1) is 0 Å². The van der Waals surface area contributed by atoms with Crippen molar-refractivity contribution < 1.29 is 18.2 Å². The molecule has 0 fully saturated rings. The fraction of sp³-hybridized carbons (Fsp3) is 0.400. The summed E-state index contributed by atoms with van der Waals surface area (Å²) in [6.07, 6.45) is 10.5. The summed E-state index contributed by atoms with van der Waals surface area (Å²) in [5.74, 6) is 0. The Morgan fingerprint density at radius 2 is 1.71 bits per heavy atom. The molecule has 3 rings (SSSR count). The van der Waals surface area contributed by atoms with Crippen molar-refractivity contribution in [3.8, 4) is 0 Å². The summed E-state index contributed by atoms with van der Waals surface area (Å²) in [7, 11) is 9.31. The molecular formula is C20H29N2SnZr. The Bertz CT molecular complexity index is 708. The number of rotatable bonds is 5. The van der Waals surface area contributed by atoms with E-state index in [0.29, 0.717) is 3.93 Å². The molecule has 1 aromatic rings. The van der Waals surface area contributed by atoms with Crippen molar-refractivity contribution in [3.05, 3.63) is 64.8 Å². The van der Waals surface area contributed by atoms with E-state index in [1.807, 2.05) is 0 Å². The van der Waals surface area contributed by atoms with Crippen molar-refractivity contribution in [3.63, 3.8) is 0 Å². The second-order valence-electron chi connectivity index (χ2n) is 7.82. The molecule has 0 spiro atoms. The van der Waals surface area contributed by atoms with E-state index in [2.05, 4.69) is 92.3 Å². The molecule has 0 aliphatic heterocycles. The molecule has 0 amide bonds. The molecule has 0 bridgehead atoms. The van der Waals surface area contributed by atoms with Crippen molar-refractivity contribution in [2.45, 2.75) is 20.2 Å². The Hall–Kier alpha value is 0.0418. The quantitative estimate of drug-likeness (QED) is 0.547. The standard InChI is InChI=1S/C14H11.2C2H6N.2CH3.Sn.Zr/c1-2-6-11(5-1)14-9-12-7-3-4-8-13(12)10-14;2*1-3-2;;;;/h1-5,7-10H,6H2;2*1-2H3;2*1H3;;/q;2*-1;;;;+2. The van der Waals surface area contributed by atoms with E-state index < -0.39 is 32.0 Å². The van der Waals surface area contributed by atoms with E-state index in [-0.39, 0.29) is 0 Å². The molecule has 1 unspecified atom stereocenters. The van der Waals surface area contributed by atoms with Crippen molar-refractivity contribution in [2.24, 2.45) is 0 Å². The Kier molecular flexibility index (Phi) is 5.76. The van der Waals surface area contributed by atoms with Crippen LogP contribution in [0.2, 0.25) is 9.88 Å². The van der Waals surface area contributed by atoms with E-state index in [4.69, 9.17) is 0 Å². The van der Waals surface area contributed by atoms with E-state index in [1.165, 1.54) is 5.56 Å². The SMILES string of the molecule is C[N](C)[Zr]([N](C)C)[Sn]([CH3])([CH3])[CH]1C(C2=CC=CC2)=Cc2ccccc21. The van der Waals surface area contributed by atoms with Crippen molar-refractivity contribution in [2.75, 3.05) is 28.2 Å². The fourth-order valence-electron chi connectivity index (χ4n) is 4.72. The van der Waals surface area contributed by atoms with E-state index in [1.54, 1.807) is 16.7 Å². The molecule has 2 aliphatic rings. The summed E-state index contributed by atoms with van der Waals surface area (Å²) in [5, 5.41) is 0. The average Bonchev–Trinajstić information content (AvgIpc) is 3.13. The number of nitrogens with zero attached hydrogens (tertiary/aromatic N) is 2. The molecule has 2 nitrogen and oxygen atoms in total. The van der Waals surface area contributed by atoms with Gasteiger partial charge in [0.15, 0.2) is 0 Å². The van der Waals surface area contributed by atoms with Crippen LogP contribution < -0.4 is 0 Å². The summed E-state index contributed by atoms with van der Waals surface area (Å²) in [6.45, 7) is 0. The molecule has 2 aliphatic carbocycles. The van der Waals surface area contributed by atoms with Gasteiger partial charge in [0.2, 0.25) is 0 Å². The van der Waals surface area contributed by atoms with Crippen LogP contribution in [0.25, 0.3) is 6.08 Å². The summed E-state index contributed by atoms with van der Waals surface area (Å²) in [6, 6.07) is 9.14. The van der Waals surface area contributed by atoms with E-state index in [9.17, 15) is 0 Å². The summed E-state index contributed by atoms with van der Waals surface area (Å²) in [4.78, 5) is 5.43. The Balaban J connectivity index is 2.10. The maximum atomic E-state index is 2.72. The van der Waals surface area contributed by atoms with Gasteiger partial charge in [0.25, 0.3) is 0 Å². The summed E-state index contributed by atoms with van der Waals surface area (Å²) < 4.78 is 5.98. The number of allylic oxidation sites excluding steroid dienone is 5. The third-order valence-electron chi connectivity index (χ3n) is 5.22. The van der Waals surface area contributed by atoms with Gasteiger partial charge in [-0.2, -0.15) is 0 Å². The zero-order valence-electron chi connectivity index (χ0n) is 15.8. The van der Waals surface area contributed by atoms with Crippen molar-refractivity contribution in [1.29, 1.82) is 0 Å². The predicted octanol–water partition coefficient (Wildman–Crippen LogP) is 4.37. The molecule has 0 N–H and O–H groups in total. The Morgan fingerprint density at radius 3 is 2.29 bits per heavy atom. The van der Waals surface area contributed by atoms with Crippen LogP contribution in [0.1, 0.15) is 21.5 Å². The molecule has 127 valence electrons. The van der Waals surface area contributed by atoms with E-state index in [0.717, 1.165) is 6.42 Å². The monoisotopic (exact) mass is 507 g/mol. The average molecular weight is 507 g/mol. The molecule has 24 heavy (non-hydrogen) atoms. The predicted molar refractivity (Wildman–Crippen MR) is 104 cm³/mol. The molecule has 0 aromatic heterocycles. The molecule has 1 aromatic carbocycles. The van der Waals surface area contributed by atoms with Crippen LogP contribution in [0.15, 0.2) is 53.6 Å². The van der Waals surface area contributed by atoms with Gasteiger partial charge in [-0.3, -0.25) is 0 Å². The molecule has 0 saturated carbocycles. The van der Waals surface area contributed by atoms with Crippen LogP contribution in [0.5, 0.6) is 0 Å². The van der Waals surface area contributed by atoms with Gasteiger partial charge in [-0.15, -0.1) is 0 Å². The Labute approximate surface area is 155 Å². The molecule has 0 saturated heterocycles. The first kappa shape index (κ1) is 18.8. The molecule has 0 radical (unpaired) electrons. The van der Waals surface area contributed by atoms with Crippen LogP contribution in [-0.4, -0.2) is 47.7 Å². The van der Waals surface area contributed by atoms with Crippen molar-refractivity contribution in [1.82, 2.24) is 5.69 Å². The van der Waals surface area contributed by atoms with Gasteiger partial charge in [-0.25, -0.2) is 0 Å². The first-order valence-corrected chi connectivity index (χ1v) is 28.0. The van der Waals surface area contributed by atoms with Gasteiger partial charge in [-0.1, -0.05) is 0 Å². The fourth-order valence-corrected chi connectivity index (χ4v) is 67.4. The minimum atomic E-state index is -2.40. The number of benzene rings is 1. The van der Waals surface area contributed by atoms with Gasteiger partial charge in [-0.05, 0) is 0 Å². The van der Waals surface area contributed by atoms with Gasteiger partial charge >= 0.3 is 157 Å². The first-order valence-electron chi connectivity index (χ1n) is 8.72. The van der Waals surface area contributed by atoms with Crippen LogP contribution in [0.3, 0.4) is 0 Å². The first-order chi connectivity index (χ1) is 11.3. The zero-order chi connectivity index (χ0) is 17.5. The molecule has 0 heterocycles. The van der Waals surface area contributed by atoms with Gasteiger partial charge in [0, 0.05) is 0 Å². The van der Waals surface area contributed by atoms with Crippen LogP contribution >= 0.6 is 0 Å². The zero-order valence-corrected chi connectivity index (χ0v) is 21.1. The molecule has 4 heteroatoms. The third kappa shape index (κ3) is 3.34. The van der Waals surface area contributed by atoms with Gasteiger partial charge < -0.3 is 0 Å². The number of hydrogen-bond donors (Lipinski definition) is 0. The normalized spacial score (nSPS) is 19.8. The van der Waals surface area contributed by atoms with Crippen LogP contribution in [-0.2, 0) is 18.2 Å². The second-order valence-corrected chi connectivity index (χ2v) is 54.1.